The zero-order valence-corrected chi connectivity index (χ0v) is 12.2. The van der Waals surface area contributed by atoms with E-state index in [1.807, 2.05) is 13.8 Å². The van der Waals surface area contributed by atoms with E-state index in [0.717, 1.165) is 0 Å². The second kappa shape index (κ2) is 6.27. The highest BCUT2D eigenvalue weighted by atomic mass is 16.5. The van der Waals surface area contributed by atoms with E-state index >= 15 is 0 Å². The summed E-state index contributed by atoms with van der Waals surface area (Å²) in [7, 11) is 0. The number of ether oxygens (including phenoxy) is 1. The van der Waals surface area contributed by atoms with Crippen LogP contribution < -0.4 is 15.8 Å². The number of carbonyl (C=O) groups excluding carboxylic acids is 1. The van der Waals surface area contributed by atoms with Crippen molar-refractivity contribution < 1.29 is 14.7 Å². The molecule has 0 saturated heterocycles. The molecule has 1 amide bonds. The summed E-state index contributed by atoms with van der Waals surface area (Å²) >= 11 is 0. The molecule has 0 heterocycles. The molecule has 0 spiro atoms. The van der Waals surface area contributed by atoms with E-state index in [-0.39, 0.29) is 17.8 Å². The molecule has 1 aromatic rings. The topological polar surface area (TPSA) is 96.9 Å². The van der Waals surface area contributed by atoms with Crippen molar-refractivity contribution in [2.24, 2.45) is 10.9 Å². The lowest BCUT2D eigenvalue weighted by Gasteiger charge is -2.24. The average molecular weight is 279 g/mol. The van der Waals surface area contributed by atoms with Gasteiger partial charge in [-0.2, -0.15) is 0 Å². The van der Waals surface area contributed by atoms with E-state index in [9.17, 15) is 4.79 Å². The first-order chi connectivity index (χ1) is 9.26. The smallest absolute Gasteiger partial charge is 0.252 e. The van der Waals surface area contributed by atoms with E-state index in [1.54, 1.807) is 38.1 Å². The Labute approximate surface area is 118 Å². The molecule has 0 aliphatic rings. The summed E-state index contributed by atoms with van der Waals surface area (Å²) in [6.45, 7) is 7.12. The van der Waals surface area contributed by atoms with Crippen LogP contribution in [0.4, 0.5) is 0 Å². The molecule has 0 atom stereocenters. The van der Waals surface area contributed by atoms with Crippen LogP contribution in [0.25, 0.3) is 0 Å². The summed E-state index contributed by atoms with van der Waals surface area (Å²) in [4.78, 5) is 12.2. The lowest BCUT2D eigenvalue weighted by molar-refractivity contribution is 0.0930. The number of nitrogens with zero attached hydrogens (tertiary/aromatic N) is 1. The maximum atomic E-state index is 12.2. The van der Waals surface area contributed by atoms with Gasteiger partial charge in [0.25, 0.3) is 5.91 Å². The molecule has 0 unspecified atom stereocenters. The lowest BCUT2D eigenvalue weighted by Crippen LogP contribution is -2.53. The second-order valence-corrected chi connectivity index (χ2v) is 5.26. The summed E-state index contributed by atoms with van der Waals surface area (Å²) in [5, 5.41) is 14.3. The van der Waals surface area contributed by atoms with Crippen LogP contribution in [-0.2, 0) is 0 Å². The van der Waals surface area contributed by atoms with Crippen molar-refractivity contribution in [2.75, 3.05) is 0 Å². The number of amides is 1. The van der Waals surface area contributed by atoms with Gasteiger partial charge in [-0.25, -0.2) is 0 Å². The summed E-state index contributed by atoms with van der Waals surface area (Å²) in [5.74, 6) is 0.227. The highest BCUT2D eigenvalue weighted by molar-refractivity contribution is 6.00. The van der Waals surface area contributed by atoms with Gasteiger partial charge < -0.3 is 21.0 Å². The third-order valence-electron chi connectivity index (χ3n) is 2.64. The van der Waals surface area contributed by atoms with Crippen molar-refractivity contribution >= 4 is 11.7 Å². The van der Waals surface area contributed by atoms with Crippen LogP contribution in [-0.4, -0.2) is 28.6 Å². The summed E-state index contributed by atoms with van der Waals surface area (Å²) in [5.41, 5.74) is 5.04. The maximum Gasteiger partial charge on any atom is 0.252 e. The van der Waals surface area contributed by atoms with Crippen LogP contribution in [0.2, 0.25) is 0 Å². The third-order valence-corrected chi connectivity index (χ3v) is 2.64. The fourth-order valence-electron chi connectivity index (χ4n) is 1.53. The van der Waals surface area contributed by atoms with Gasteiger partial charge in [-0.05, 0) is 45.9 Å². The van der Waals surface area contributed by atoms with E-state index in [0.29, 0.717) is 11.3 Å². The molecule has 0 fully saturated rings. The predicted octanol–water partition coefficient (Wildman–Crippen LogP) is 1.73. The molecule has 0 bridgehead atoms. The zero-order valence-electron chi connectivity index (χ0n) is 12.2. The molecular formula is C14H21N3O3. The standard InChI is InChI=1S/C14H21N3O3/c1-9(2)20-11-7-5-6-10(8-11)12(18)16-14(3,4)13(15)17-19/h5-9,19H,1-4H3,(H2,15,17)(H,16,18). The van der Waals surface area contributed by atoms with Gasteiger partial charge in [-0.15, -0.1) is 0 Å². The minimum absolute atomic E-state index is 0.0296. The molecule has 4 N–H and O–H groups in total. The summed E-state index contributed by atoms with van der Waals surface area (Å²) < 4.78 is 5.54. The van der Waals surface area contributed by atoms with Crippen LogP contribution in [0.1, 0.15) is 38.1 Å². The molecule has 0 aliphatic carbocycles. The Morgan fingerprint density at radius 2 is 2.10 bits per heavy atom. The quantitative estimate of drug-likeness (QED) is 0.331. The molecule has 6 nitrogen and oxygen atoms in total. The van der Waals surface area contributed by atoms with Crippen LogP contribution in [0.3, 0.4) is 0 Å². The molecule has 0 aliphatic heterocycles. The van der Waals surface area contributed by atoms with Gasteiger partial charge in [-0.1, -0.05) is 11.2 Å². The minimum Gasteiger partial charge on any atom is -0.491 e. The van der Waals surface area contributed by atoms with Gasteiger partial charge >= 0.3 is 0 Å². The Morgan fingerprint density at radius 1 is 1.45 bits per heavy atom. The van der Waals surface area contributed by atoms with E-state index in [4.69, 9.17) is 15.7 Å². The van der Waals surface area contributed by atoms with Gasteiger partial charge in [0, 0.05) is 5.56 Å². The zero-order chi connectivity index (χ0) is 15.3. The number of oxime groups is 1. The SMILES string of the molecule is CC(C)Oc1cccc(C(=O)NC(C)(C)C(N)=NO)c1. The van der Waals surface area contributed by atoms with Crippen LogP contribution in [0.15, 0.2) is 29.4 Å². The molecule has 0 radical (unpaired) electrons. The number of carbonyl (C=O) groups is 1. The number of rotatable bonds is 5. The average Bonchev–Trinajstić information content (AvgIpc) is 2.36. The van der Waals surface area contributed by atoms with Crippen molar-refractivity contribution in [3.8, 4) is 5.75 Å². The third kappa shape index (κ3) is 4.15. The Balaban J connectivity index is 2.88. The van der Waals surface area contributed by atoms with Crippen LogP contribution in [0, 0.1) is 0 Å². The fraction of sp³-hybridized carbons (Fsp3) is 0.429. The van der Waals surface area contributed by atoms with Crippen molar-refractivity contribution in [2.45, 2.75) is 39.3 Å². The monoisotopic (exact) mass is 279 g/mol. The molecule has 0 aromatic heterocycles. The maximum absolute atomic E-state index is 12.2. The molecular weight excluding hydrogens is 258 g/mol. The molecule has 110 valence electrons. The fourth-order valence-corrected chi connectivity index (χ4v) is 1.53. The Morgan fingerprint density at radius 3 is 2.65 bits per heavy atom. The lowest BCUT2D eigenvalue weighted by atomic mass is 10.0. The number of hydrogen-bond acceptors (Lipinski definition) is 4. The second-order valence-electron chi connectivity index (χ2n) is 5.26. The Hall–Kier alpha value is -2.24. The molecule has 20 heavy (non-hydrogen) atoms. The number of amidine groups is 1. The largest absolute Gasteiger partial charge is 0.491 e. The van der Waals surface area contributed by atoms with Crippen LogP contribution >= 0.6 is 0 Å². The number of hydrogen-bond donors (Lipinski definition) is 3. The number of benzene rings is 1. The highest BCUT2D eigenvalue weighted by Gasteiger charge is 2.26. The molecule has 0 saturated carbocycles. The molecule has 1 aromatic carbocycles. The van der Waals surface area contributed by atoms with Gasteiger partial charge in [-0.3, -0.25) is 4.79 Å². The first-order valence-electron chi connectivity index (χ1n) is 6.33. The van der Waals surface area contributed by atoms with E-state index in [2.05, 4.69) is 10.5 Å². The van der Waals surface area contributed by atoms with Crippen molar-refractivity contribution in [1.82, 2.24) is 5.32 Å². The van der Waals surface area contributed by atoms with E-state index < -0.39 is 5.54 Å². The highest BCUT2D eigenvalue weighted by Crippen LogP contribution is 2.15. The summed E-state index contributed by atoms with van der Waals surface area (Å²) in [6.07, 6.45) is 0.0296. The molecule has 6 heteroatoms. The van der Waals surface area contributed by atoms with Gasteiger partial charge in [0.05, 0.1) is 11.6 Å². The molecule has 1 rings (SSSR count). The number of nitrogens with two attached hydrogens (primary N) is 1. The van der Waals surface area contributed by atoms with Gasteiger partial charge in [0.1, 0.15) is 5.75 Å². The van der Waals surface area contributed by atoms with Gasteiger partial charge in [0.2, 0.25) is 0 Å². The Kier molecular flexibility index (Phi) is 4.96. The van der Waals surface area contributed by atoms with Crippen molar-refractivity contribution in [3.05, 3.63) is 29.8 Å². The van der Waals surface area contributed by atoms with E-state index in [1.165, 1.54) is 0 Å². The Bertz CT molecular complexity index is 510. The van der Waals surface area contributed by atoms with Crippen LogP contribution in [0.5, 0.6) is 5.75 Å². The predicted molar refractivity (Wildman–Crippen MR) is 77.2 cm³/mol. The normalized spacial score (nSPS) is 12.3. The minimum atomic E-state index is -0.944. The van der Waals surface area contributed by atoms with Gasteiger partial charge in [0.15, 0.2) is 5.84 Å². The van der Waals surface area contributed by atoms with Crippen molar-refractivity contribution in [3.63, 3.8) is 0 Å². The van der Waals surface area contributed by atoms with Crippen molar-refractivity contribution in [1.29, 1.82) is 0 Å². The number of nitrogens with one attached hydrogen (secondary N) is 1. The first kappa shape index (κ1) is 15.8. The first-order valence-corrected chi connectivity index (χ1v) is 6.33. The summed E-state index contributed by atoms with van der Waals surface area (Å²) in [6, 6.07) is 6.84.